The highest BCUT2D eigenvalue weighted by Gasteiger charge is 2.55. The lowest BCUT2D eigenvalue weighted by Crippen LogP contribution is -2.67. The number of carbonyl (C=O) groups is 2. The van der Waals surface area contributed by atoms with E-state index in [4.69, 9.17) is 23.9 Å². The summed E-state index contributed by atoms with van der Waals surface area (Å²) in [6.45, 7) is 10.3. The van der Waals surface area contributed by atoms with Crippen LogP contribution in [0.25, 0.3) is 11.0 Å². The molecule has 3 aromatic rings. The van der Waals surface area contributed by atoms with Crippen LogP contribution < -0.4 is 10.0 Å². The minimum Gasteiger partial charge on any atom is -0.457 e. The van der Waals surface area contributed by atoms with E-state index in [1.165, 1.54) is 23.9 Å². The molecule has 15 heteroatoms. The maximum atomic E-state index is 14.5. The molecular formula is C33H49N5O8S2. The summed E-state index contributed by atoms with van der Waals surface area (Å²) in [4.78, 5) is 33.9. The van der Waals surface area contributed by atoms with Gasteiger partial charge in [-0.2, -0.15) is 4.72 Å². The number of sulfonamides is 1. The molecular weight excluding hydrogens is 659 g/mol. The van der Waals surface area contributed by atoms with Gasteiger partial charge in [0.15, 0.2) is 5.16 Å². The van der Waals surface area contributed by atoms with E-state index in [9.17, 15) is 18.0 Å². The van der Waals surface area contributed by atoms with E-state index in [0.717, 1.165) is 11.0 Å². The molecule has 0 fully saturated rings. The minimum atomic E-state index is -4.45. The average molecular weight is 708 g/mol. The van der Waals surface area contributed by atoms with Crippen LogP contribution in [0.5, 0.6) is 0 Å². The molecule has 1 aromatic heterocycles. The molecule has 0 aliphatic heterocycles. The van der Waals surface area contributed by atoms with Crippen molar-refractivity contribution >= 4 is 44.7 Å². The van der Waals surface area contributed by atoms with Crippen molar-refractivity contribution in [3.63, 3.8) is 0 Å². The Bertz CT molecular complexity index is 1620. The predicted molar refractivity (Wildman–Crippen MR) is 185 cm³/mol. The smallest absolute Gasteiger partial charge is 0.355 e. The third kappa shape index (κ3) is 10.5. The zero-order valence-electron chi connectivity index (χ0n) is 29.2. The number of benzene rings is 2. The van der Waals surface area contributed by atoms with Crippen molar-refractivity contribution in [3.8, 4) is 0 Å². The number of esters is 1. The van der Waals surface area contributed by atoms with E-state index in [-0.39, 0.29) is 31.2 Å². The molecule has 0 spiro atoms. The van der Waals surface area contributed by atoms with Gasteiger partial charge in [-0.15, -0.1) is 0 Å². The second-order valence-electron chi connectivity index (χ2n) is 12.5. The fourth-order valence-electron chi connectivity index (χ4n) is 5.12. The largest absolute Gasteiger partial charge is 0.457 e. The van der Waals surface area contributed by atoms with E-state index >= 15 is 0 Å². The number of ether oxygens (including phenoxy) is 4. The Kier molecular flexibility index (Phi) is 13.6. The van der Waals surface area contributed by atoms with Crippen LogP contribution >= 0.6 is 11.8 Å². The van der Waals surface area contributed by atoms with Crippen molar-refractivity contribution in [1.82, 2.24) is 24.5 Å². The lowest BCUT2D eigenvalue weighted by atomic mass is 10.1. The fourth-order valence-corrected chi connectivity index (χ4v) is 6.97. The number of para-hydroxylation sites is 2. The number of hydrogen-bond donors (Lipinski definition) is 2. The molecule has 2 aromatic carbocycles. The third-order valence-electron chi connectivity index (χ3n) is 6.75. The number of thioether (sulfide) groups is 1. The van der Waals surface area contributed by atoms with Crippen LogP contribution in [0.3, 0.4) is 0 Å². The van der Waals surface area contributed by atoms with Gasteiger partial charge < -0.3 is 33.7 Å². The van der Waals surface area contributed by atoms with Crippen molar-refractivity contribution in [1.29, 1.82) is 0 Å². The third-order valence-corrected chi connectivity index (χ3v) is 8.92. The normalized spacial score (nSPS) is 14.5. The number of likely N-dealkylation sites (N-methyl/N-ethyl adjacent to an activating group) is 1. The van der Waals surface area contributed by atoms with Crippen LogP contribution in [-0.4, -0.2) is 98.2 Å². The highest BCUT2D eigenvalue weighted by molar-refractivity contribution is 7.98. The number of amides is 1. The molecule has 3 rings (SSSR count). The number of imidazole rings is 1. The first-order chi connectivity index (χ1) is 22.5. The van der Waals surface area contributed by atoms with Crippen molar-refractivity contribution in [2.45, 2.75) is 87.9 Å². The van der Waals surface area contributed by atoms with Gasteiger partial charge in [0.1, 0.15) is 5.60 Å². The summed E-state index contributed by atoms with van der Waals surface area (Å²) in [5, 5.41) is 3.46. The Morgan fingerprint density at radius 3 is 2.17 bits per heavy atom. The van der Waals surface area contributed by atoms with Gasteiger partial charge >= 0.3 is 5.97 Å². The SMILES string of the molecule is CCOC(CC(NS(=O)(=O)c1ccccc1)(O[C@H](C)Cn1c(SC)nc2ccccc21)C(=O)OC(C)(C)C)(NC(=O)CN(C)C)OCC. The fraction of sp³-hybridized carbons (Fsp3) is 0.545. The quantitative estimate of drug-likeness (QED) is 0.112. The minimum absolute atomic E-state index is 0.0335. The number of aromatic nitrogens is 2. The van der Waals surface area contributed by atoms with Crippen LogP contribution in [0.4, 0.5) is 0 Å². The standard InChI is InChI=1S/C33H49N5O8S2/c1-10-43-33(44-11-2,35-28(39)22-37(7)8)23-32(29(40)46-31(4,5)6,36-48(41,42)25-17-13-12-14-18-25)45-24(3)21-38-27-20-16-15-19-26(27)34-30(38)47-9/h12-20,24,36H,10-11,21-23H2,1-9H3,(H,35,39)/t24-,32?/m1/s1. The molecule has 13 nitrogen and oxygen atoms in total. The number of hydrogen-bond acceptors (Lipinski definition) is 11. The molecule has 0 aliphatic rings. The van der Waals surface area contributed by atoms with Crippen molar-refractivity contribution in [2.75, 3.05) is 40.1 Å². The molecule has 0 saturated heterocycles. The monoisotopic (exact) mass is 707 g/mol. The summed E-state index contributed by atoms with van der Waals surface area (Å²) >= 11 is 1.44. The topological polar surface area (TPSA) is 150 Å². The number of nitrogens with one attached hydrogen (secondary N) is 2. The Balaban J connectivity index is 2.24. The van der Waals surface area contributed by atoms with Crippen LogP contribution in [0.2, 0.25) is 0 Å². The second kappa shape index (κ2) is 16.6. The molecule has 0 radical (unpaired) electrons. The molecule has 266 valence electrons. The van der Waals surface area contributed by atoms with Gasteiger partial charge in [0, 0.05) is 13.2 Å². The van der Waals surface area contributed by atoms with Gasteiger partial charge in [-0.3, -0.25) is 4.79 Å². The first-order valence-electron chi connectivity index (χ1n) is 15.7. The predicted octanol–water partition coefficient (Wildman–Crippen LogP) is 3.97. The number of rotatable bonds is 18. The van der Waals surface area contributed by atoms with Crippen LogP contribution in [0, 0.1) is 0 Å². The zero-order valence-corrected chi connectivity index (χ0v) is 30.9. The highest BCUT2D eigenvalue weighted by atomic mass is 32.2. The van der Waals surface area contributed by atoms with E-state index in [0.29, 0.717) is 5.16 Å². The van der Waals surface area contributed by atoms with Gasteiger partial charge in [-0.25, -0.2) is 18.2 Å². The number of carbonyl (C=O) groups excluding carboxylic acids is 2. The Labute approximate surface area is 288 Å². The molecule has 2 atom stereocenters. The number of nitrogens with zero attached hydrogens (tertiary/aromatic N) is 3. The Morgan fingerprint density at radius 1 is 1.00 bits per heavy atom. The summed E-state index contributed by atoms with van der Waals surface area (Å²) in [7, 11) is -1.02. The van der Waals surface area contributed by atoms with Crippen molar-refractivity contribution in [3.05, 3.63) is 54.6 Å². The first kappa shape index (κ1) is 39.4. The lowest BCUT2D eigenvalue weighted by Gasteiger charge is -2.43. The molecule has 0 aliphatic carbocycles. The Hall–Kier alpha value is -3.05. The number of fused-ring (bicyclic) bond motifs is 1. The van der Waals surface area contributed by atoms with Crippen LogP contribution in [-0.2, 0) is 45.1 Å². The Morgan fingerprint density at radius 2 is 1.60 bits per heavy atom. The van der Waals surface area contributed by atoms with Gasteiger partial charge in [0.05, 0.1) is 41.5 Å². The summed E-state index contributed by atoms with van der Waals surface area (Å²) in [6, 6.07) is 15.2. The van der Waals surface area contributed by atoms with Crippen molar-refractivity contribution in [2.24, 2.45) is 0 Å². The molecule has 0 saturated carbocycles. The summed E-state index contributed by atoms with van der Waals surface area (Å²) in [5.41, 5.74) is -1.94. The molecule has 1 heterocycles. The van der Waals surface area contributed by atoms with Gasteiger partial charge in [0.25, 0.3) is 5.91 Å². The van der Waals surface area contributed by atoms with Gasteiger partial charge in [-0.05, 0) is 86.2 Å². The second-order valence-corrected chi connectivity index (χ2v) is 14.9. The molecule has 1 amide bonds. The summed E-state index contributed by atoms with van der Waals surface area (Å²) < 4.78 is 57.2. The summed E-state index contributed by atoms with van der Waals surface area (Å²) in [5.74, 6) is -3.56. The molecule has 48 heavy (non-hydrogen) atoms. The van der Waals surface area contributed by atoms with E-state index in [1.54, 1.807) is 78.7 Å². The maximum absolute atomic E-state index is 14.5. The zero-order chi connectivity index (χ0) is 35.8. The maximum Gasteiger partial charge on any atom is 0.355 e. The highest BCUT2D eigenvalue weighted by Crippen LogP contribution is 2.33. The van der Waals surface area contributed by atoms with Gasteiger partial charge in [-0.1, -0.05) is 42.1 Å². The van der Waals surface area contributed by atoms with E-state index in [1.807, 2.05) is 35.1 Å². The lowest BCUT2D eigenvalue weighted by molar-refractivity contribution is -0.283. The first-order valence-corrected chi connectivity index (χ1v) is 18.4. The molecule has 0 bridgehead atoms. The van der Waals surface area contributed by atoms with Gasteiger partial charge in [0.2, 0.25) is 21.7 Å². The average Bonchev–Trinajstić information content (AvgIpc) is 3.33. The van der Waals surface area contributed by atoms with E-state index in [2.05, 4.69) is 10.0 Å². The van der Waals surface area contributed by atoms with E-state index < -0.39 is 51.7 Å². The molecule has 1 unspecified atom stereocenters. The van der Waals surface area contributed by atoms with Crippen LogP contribution in [0.15, 0.2) is 64.6 Å². The van der Waals surface area contributed by atoms with Crippen LogP contribution in [0.1, 0.15) is 48.0 Å². The van der Waals surface area contributed by atoms with Crippen molar-refractivity contribution < 1.29 is 37.0 Å². The molecule has 2 N–H and O–H groups in total. The summed E-state index contributed by atoms with van der Waals surface area (Å²) in [6.07, 6.45) is 0.418.